The van der Waals surface area contributed by atoms with Gasteiger partial charge in [-0.05, 0) is 53.5 Å². The Bertz CT molecular complexity index is 1550. The highest BCUT2D eigenvalue weighted by Crippen LogP contribution is 2.30. The monoisotopic (exact) mass is 610 g/mol. The molecule has 0 bridgehead atoms. The molecule has 0 radical (unpaired) electrons. The third kappa shape index (κ3) is 8.27. The molecule has 0 aliphatic carbocycles. The van der Waals surface area contributed by atoms with Crippen molar-refractivity contribution in [3.63, 3.8) is 0 Å². The number of allylic oxidation sites excluding steroid dienone is 1. The number of imidazole rings is 1. The van der Waals surface area contributed by atoms with Crippen LogP contribution in [-0.4, -0.2) is 45.4 Å². The molecule has 8 nitrogen and oxygen atoms in total. The van der Waals surface area contributed by atoms with Crippen LogP contribution in [0.2, 0.25) is 0 Å². The van der Waals surface area contributed by atoms with Crippen LogP contribution in [0.1, 0.15) is 80.9 Å². The van der Waals surface area contributed by atoms with Gasteiger partial charge in [0.2, 0.25) is 5.95 Å². The third-order valence-electron chi connectivity index (χ3n) is 7.05. The Labute approximate surface area is 255 Å². The van der Waals surface area contributed by atoms with Gasteiger partial charge in [0, 0.05) is 26.2 Å². The van der Waals surface area contributed by atoms with Gasteiger partial charge in [0.1, 0.15) is 11.6 Å². The smallest absolute Gasteiger partial charge is 0.272 e. The minimum atomic E-state index is -2.65. The fourth-order valence-electron chi connectivity index (χ4n) is 5.14. The van der Waals surface area contributed by atoms with Crippen molar-refractivity contribution in [1.82, 2.24) is 19.8 Å². The van der Waals surface area contributed by atoms with Gasteiger partial charge in [0.25, 0.3) is 18.2 Å². The lowest BCUT2D eigenvalue weighted by Gasteiger charge is -2.26. The summed E-state index contributed by atoms with van der Waals surface area (Å²) in [4.78, 5) is 33.0. The molecule has 1 aromatic carbocycles. The summed E-state index contributed by atoms with van der Waals surface area (Å²) >= 11 is 0.745. The maximum atomic E-state index is 13.5. The van der Waals surface area contributed by atoms with E-state index in [0.29, 0.717) is 25.2 Å². The molecule has 4 rings (SSSR count). The van der Waals surface area contributed by atoms with Crippen molar-refractivity contribution in [1.29, 1.82) is 5.26 Å². The predicted octanol–water partition coefficient (Wildman–Crippen LogP) is 6.91. The lowest BCUT2D eigenvalue weighted by atomic mass is 9.93. The fourth-order valence-corrected chi connectivity index (χ4v) is 5.89. The summed E-state index contributed by atoms with van der Waals surface area (Å²) in [6, 6.07) is 10.4. The van der Waals surface area contributed by atoms with Gasteiger partial charge in [-0.15, -0.1) is 11.3 Å². The Morgan fingerprint density at radius 2 is 1.93 bits per heavy atom. The number of carbonyl (C=O) groups is 2. The number of nitrogens with zero attached hydrogens (tertiary/aromatic N) is 4. The van der Waals surface area contributed by atoms with Crippen molar-refractivity contribution in [2.24, 2.45) is 10.8 Å². The zero-order valence-electron chi connectivity index (χ0n) is 25.6. The average Bonchev–Trinajstić information content (AvgIpc) is 3.65. The van der Waals surface area contributed by atoms with Gasteiger partial charge in [-0.3, -0.25) is 14.9 Å². The summed E-state index contributed by atoms with van der Waals surface area (Å²) in [5, 5.41) is 16.0. The number of thiophene rings is 1. The van der Waals surface area contributed by atoms with Crippen LogP contribution in [0, 0.1) is 22.2 Å². The maximum absolute atomic E-state index is 13.5. The highest BCUT2D eigenvalue weighted by Gasteiger charge is 2.33. The lowest BCUT2D eigenvalue weighted by Crippen LogP contribution is -2.39. The molecule has 1 fully saturated rings. The second-order valence-corrected chi connectivity index (χ2v) is 14.4. The topological polar surface area (TPSA) is 103 Å². The molecule has 1 aliphatic rings. The molecule has 2 aromatic heterocycles. The Morgan fingerprint density at radius 1 is 1.19 bits per heavy atom. The first-order valence-electron chi connectivity index (χ1n) is 14.5. The number of rotatable bonds is 9. The van der Waals surface area contributed by atoms with Crippen molar-refractivity contribution < 1.29 is 18.4 Å². The molecule has 1 atom stereocenters. The fraction of sp³-hybridized carbons (Fsp3) is 0.500. The Balaban J connectivity index is 1.66. The first kappa shape index (κ1) is 32.3. The van der Waals surface area contributed by atoms with Crippen molar-refractivity contribution in [2.75, 3.05) is 18.4 Å². The minimum absolute atomic E-state index is 0.114. The van der Waals surface area contributed by atoms with E-state index in [1.165, 1.54) is 12.1 Å². The Hall–Kier alpha value is -3.62. The first-order chi connectivity index (χ1) is 20.1. The largest absolute Gasteiger partial charge is 0.333 e. The van der Waals surface area contributed by atoms with Crippen molar-refractivity contribution in [2.45, 2.75) is 79.9 Å². The number of benzene rings is 1. The maximum Gasteiger partial charge on any atom is 0.272 e. The van der Waals surface area contributed by atoms with E-state index in [1.807, 2.05) is 43.5 Å². The highest BCUT2D eigenvalue weighted by atomic mass is 32.1. The summed E-state index contributed by atoms with van der Waals surface area (Å²) in [5.74, 6) is -0.558. The number of hydrogen-bond donors (Lipinski definition) is 2. The summed E-state index contributed by atoms with van der Waals surface area (Å²) in [6.45, 7) is 14.7. The van der Waals surface area contributed by atoms with Gasteiger partial charge in [-0.25, -0.2) is 13.8 Å². The van der Waals surface area contributed by atoms with Crippen LogP contribution in [0.15, 0.2) is 42.0 Å². The van der Waals surface area contributed by atoms with Gasteiger partial charge in [0.05, 0.1) is 26.8 Å². The van der Waals surface area contributed by atoms with E-state index < -0.39 is 12.3 Å². The van der Waals surface area contributed by atoms with Gasteiger partial charge in [-0.1, -0.05) is 53.7 Å². The second-order valence-electron chi connectivity index (χ2n) is 13.3. The van der Waals surface area contributed by atoms with Gasteiger partial charge in [-0.2, -0.15) is 5.26 Å². The van der Waals surface area contributed by atoms with Crippen LogP contribution < -0.4 is 10.6 Å². The van der Waals surface area contributed by atoms with E-state index in [1.54, 1.807) is 11.0 Å². The summed E-state index contributed by atoms with van der Waals surface area (Å²) < 4.78 is 28.2. The normalized spacial score (nSPS) is 16.2. The highest BCUT2D eigenvalue weighted by molar-refractivity contribution is 7.14. The zero-order chi connectivity index (χ0) is 31.5. The molecule has 43 heavy (non-hydrogen) atoms. The van der Waals surface area contributed by atoms with Gasteiger partial charge in [0.15, 0.2) is 0 Å². The van der Waals surface area contributed by atoms with Gasteiger partial charge < -0.3 is 14.8 Å². The van der Waals surface area contributed by atoms with Crippen LogP contribution in [0.25, 0.3) is 11.0 Å². The van der Waals surface area contributed by atoms with E-state index in [0.717, 1.165) is 41.8 Å². The number of carbonyl (C=O) groups excluding carboxylic acids is 2. The van der Waals surface area contributed by atoms with Crippen molar-refractivity contribution in [3.05, 3.63) is 57.3 Å². The number of nitrogens with one attached hydrogen (secondary N) is 2. The number of aromatic nitrogens is 2. The van der Waals surface area contributed by atoms with Crippen LogP contribution in [0.5, 0.6) is 0 Å². The number of anilines is 1. The minimum Gasteiger partial charge on any atom is -0.333 e. The molecule has 1 aliphatic heterocycles. The number of fused-ring (bicyclic) bond motifs is 1. The number of alkyl halides is 2. The molecule has 2 amide bonds. The van der Waals surface area contributed by atoms with E-state index >= 15 is 0 Å². The predicted molar refractivity (Wildman–Crippen MR) is 166 cm³/mol. The van der Waals surface area contributed by atoms with E-state index in [-0.39, 0.29) is 44.1 Å². The number of hydrogen-bond acceptors (Lipinski definition) is 6. The second kappa shape index (κ2) is 12.9. The standard InChI is InChI=1S/C32H40F2N6O2S/c1-31(2,3)15-21(16-35)29(42)39-13-7-8-22(39)18-40-24-10-9-20(17-36-19-32(4,5)6)14-23(24)37-30(40)38-28(41)26-12-11-25(43-26)27(33)34/h9-12,14-15,22,27,36H,7-8,13,17-19H2,1-6H3,(H,37,38,41)/t22-/m1/s1. The van der Waals surface area contributed by atoms with Crippen molar-refractivity contribution >= 4 is 40.1 Å². The number of nitriles is 1. The lowest BCUT2D eigenvalue weighted by molar-refractivity contribution is -0.127. The summed E-state index contributed by atoms with van der Waals surface area (Å²) in [5.41, 5.74) is 2.39. The molecule has 3 heterocycles. The van der Waals surface area contributed by atoms with Crippen LogP contribution in [-0.2, 0) is 17.9 Å². The number of halogens is 2. The Morgan fingerprint density at radius 3 is 2.56 bits per heavy atom. The average molecular weight is 611 g/mol. The summed E-state index contributed by atoms with van der Waals surface area (Å²) in [6.07, 6.45) is 0.559. The van der Waals surface area contributed by atoms with Crippen molar-refractivity contribution in [3.8, 4) is 6.07 Å². The third-order valence-corrected chi connectivity index (χ3v) is 8.14. The molecule has 0 unspecified atom stereocenters. The molecule has 3 aromatic rings. The van der Waals surface area contributed by atoms with E-state index in [2.05, 4.69) is 37.5 Å². The number of amides is 2. The van der Waals surface area contributed by atoms with E-state index in [9.17, 15) is 23.6 Å². The molecular formula is C32H40F2N6O2S. The van der Waals surface area contributed by atoms with Crippen LogP contribution >= 0.6 is 11.3 Å². The number of likely N-dealkylation sites (tertiary alicyclic amines) is 1. The molecule has 0 saturated carbocycles. The molecule has 1 saturated heterocycles. The Kier molecular flexibility index (Phi) is 9.72. The molecule has 0 spiro atoms. The SMILES string of the molecule is CC(C)(C)C=C(C#N)C(=O)N1CCC[C@@H]1Cn1c(NC(=O)c2ccc(C(F)F)s2)nc2cc(CNCC(C)(C)C)ccc21. The van der Waals surface area contributed by atoms with Crippen LogP contribution in [0.4, 0.5) is 14.7 Å². The van der Waals surface area contributed by atoms with Gasteiger partial charge >= 0.3 is 0 Å². The van der Waals surface area contributed by atoms with Crippen LogP contribution in [0.3, 0.4) is 0 Å². The molecule has 230 valence electrons. The summed E-state index contributed by atoms with van der Waals surface area (Å²) in [7, 11) is 0. The quantitative estimate of drug-likeness (QED) is 0.202. The zero-order valence-corrected chi connectivity index (χ0v) is 26.4. The first-order valence-corrected chi connectivity index (χ1v) is 15.3. The molecular weight excluding hydrogens is 570 g/mol. The molecule has 11 heteroatoms. The van der Waals surface area contributed by atoms with E-state index in [4.69, 9.17) is 4.98 Å². The molecule has 2 N–H and O–H groups in total.